The summed E-state index contributed by atoms with van der Waals surface area (Å²) >= 11 is 0. The third kappa shape index (κ3) is 3.15. The third-order valence-electron chi connectivity index (χ3n) is 2.85. The van der Waals surface area contributed by atoms with Crippen LogP contribution in [0.2, 0.25) is 0 Å². The fourth-order valence-corrected chi connectivity index (χ4v) is 1.95. The second-order valence-electron chi connectivity index (χ2n) is 4.50. The van der Waals surface area contributed by atoms with E-state index in [1.807, 2.05) is 43.3 Å². The lowest BCUT2D eigenvalue weighted by atomic mass is 10.1. The zero-order valence-corrected chi connectivity index (χ0v) is 11.4. The molecule has 0 aliphatic heterocycles. The van der Waals surface area contributed by atoms with Crippen LogP contribution in [-0.2, 0) is 4.79 Å². The maximum atomic E-state index is 11.1. The molecule has 0 aliphatic carbocycles. The molecule has 0 radical (unpaired) electrons. The molecular weight excluding hydrogens is 250 g/mol. The lowest BCUT2D eigenvalue weighted by molar-refractivity contribution is -0.114. The number of aryl methyl sites for hydroxylation is 1. The summed E-state index contributed by atoms with van der Waals surface area (Å²) in [5.74, 6) is -0.115. The van der Waals surface area contributed by atoms with E-state index in [1.54, 1.807) is 6.07 Å². The first-order chi connectivity index (χ1) is 9.60. The predicted octanol–water partition coefficient (Wildman–Crippen LogP) is 3.57. The molecule has 0 aromatic heterocycles. The minimum atomic E-state index is -0.115. The van der Waals surface area contributed by atoms with Gasteiger partial charge in [-0.3, -0.25) is 4.79 Å². The van der Waals surface area contributed by atoms with Gasteiger partial charge in [-0.15, -0.1) is 0 Å². The van der Waals surface area contributed by atoms with Gasteiger partial charge >= 0.3 is 0 Å². The Bertz CT molecular complexity index is 686. The van der Waals surface area contributed by atoms with Gasteiger partial charge in [0.15, 0.2) is 0 Å². The van der Waals surface area contributed by atoms with Gasteiger partial charge in [-0.2, -0.15) is 5.26 Å². The summed E-state index contributed by atoms with van der Waals surface area (Å²) in [7, 11) is 0. The highest BCUT2D eigenvalue weighted by molar-refractivity contribution is 5.89. The third-order valence-corrected chi connectivity index (χ3v) is 2.85. The van der Waals surface area contributed by atoms with Crippen LogP contribution >= 0.6 is 0 Å². The highest BCUT2D eigenvalue weighted by atomic mass is 16.1. The van der Waals surface area contributed by atoms with Crippen LogP contribution in [0, 0.1) is 18.3 Å². The number of hydrogen-bond donors (Lipinski definition) is 2. The molecule has 0 saturated heterocycles. The number of nitrogens with one attached hydrogen (secondary N) is 2. The van der Waals surface area contributed by atoms with Gasteiger partial charge in [0.05, 0.1) is 11.3 Å². The van der Waals surface area contributed by atoms with Crippen molar-refractivity contribution in [1.29, 1.82) is 5.26 Å². The number of anilines is 3. The number of nitriles is 1. The lowest BCUT2D eigenvalue weighted by Gasteiger charge is -2.12. The molecule has 0 bridgehead atoms. The molecule has 2 N–H and O–H groups in total. The van der Waals surface area contributed by atoms with E-state index in [1.165, 1.54) is 6.92 Å². The quantitative estimate of drug-likeness (QED) is 0.891. The Hall–Kier alpha value is -2.80. The summed E-state index contributed by atoms with van der Waals surface area (Å²) in [5, 5.41) is 15.1. The van der Waals surface area contributed by atoms with Crippen molar-refractivity contribution in [3.63, 3.8) is 0 Å². The molecule has 100 valence electrons. The number of nitrogens with zero attached hydrogens (tertiary/aromatic N) is 1. The van der Waals surface area contributed by atoms with Crippen molar-refractivity contribution in [1.82, 2.24) is 0 Å². The van der Waals surface area contributed by atoms with Gasteiger partial charge < -0.3 is 10.6 Å². The van der Waals surface area contributed by atoms with Gasteiger partial charge in [0, 0.05) is 18.3 Å². The van der Waals surface area contributed by atoms with Crippen molar-refractivity contribution >= 4 is 23.0 Å². The van der Waals surface area contributed by atoms with E-state index in [-0.39, 0.29) is 5.91 Å². The monoisotopic (exact) mass is 265 g/mol. The SMILES string of the molecule is CC(=O)Nc1cccc(Nc2c(C)cccc2C#N)c1. The summed E-state index contributed by atoms with van der Waals surface area (Å²) in [6.45, 7) is 3.41. The van der Waals surface area contributed by atoms with Gasteiger partial charge in [-0.25, -0.2) is 0 Å². The first-order valence-electron chi connectivity index (χ1n) is 6.24. The van der Waals surface area contributed by atoms with Gasteiger partial charge in [-0.05, 0) is 36.8 Å². The minimum Gasteiger partial charge on any atom is -0.354 e. The number of carbonyl (C=O) groups excluding carboxylic acids is 1. The summed E-state index contributed by atoms with van der Waals surface area (Å²) in [6, 6.07) is 15.1. The summed E-state index contributed by atoms with van der Waals surface area (Å²) in [6.07, 6.45) is 0. The number of amides is 1. The van der Waals surface area contributed by atoms with E-state index >= 15 is 0 Å². The summed E-state index contributed by atoms with van der Waals surface area (Å²) in [4.78, 5) is 11.1. The maximum Gasteiger partial charge on any atom is 0.221 e. The fraction of sp³-hybridized carbons (Fsp3) is 0.125. The van der Waals surface area contributed by atoms with Crippen molar-refractivity contribution in [2.75, 3.05) is 10.6 Å². The minimum absolute atomic E-state index is 0.115. The highest BCUT2D eigenvalue weighted by Crippen LogP contribution is 2.25. The van der Waals surface area contributed by atoms with E-state index in [0.717, 1.165) is 22.6 Å². The van der Waals surface area contributed by atoms with E-state index in [9.17, 15) is 4.79 Å². The molecule has 0 unspecified atom stereocenters. The standard InChI is InChI=1S/C16H15N3O/c1-11-5-3-6-13(10-17)16(11)19-15-8-4-7-14(9-15)18-12(2)20/h3-9,19H,1-2H3,(H,18,20). The maximum absolute atomic E-state index is 11.1. The van der Waals surface area contributed by atoms with Crippen molar-refractivity contribution in [2.45, 2.75) is 13.8 Å². The van der Waals surface area contributed by atoms with E-state index in [2.05, 4.69) is 16.7 Å². The highest BCUT2D eigenvalue weighted by Gasteiger charge is 2.06. The molecule has 0 saturated carbocycles. The average molecular weight is 265 g/mol. The van der Waals surface area contributed by atoms with Crippen molar-refractivity contribution in [3.8, 4) is 6.07 Å². The Morgan fingerprint density at radius 3 is 2.55 bits per heavy atom. The molecule has 0 spiro atoms. The van der Waals surface area contributed by atoms with Crippen LogP contribution in [-0.4, -0.2) is 5.91 Å². The molecule has 2 aromatic carbocycles. The van der Waals surface area contributed by atoms with E-state index in [0.29, 0.717) is 5.56 Å². The first-order valence-corrected chi connectivity index (χ1v) is 6.24. The Labute approximate surface area is 118 Å². The molecule has 0 fully saturated rings. The Morgan fingerprint density at radius 2 is 1.85 bits per heavy atom. The molecule has 2 aromatic rings. The van der Waals surface area contributed by atoms with Crippen molar-refractivity contribution < 1.29 is 4.79 Å². The Kier molecular flexibility index (Phi) is 4.02. The van der Waals surface area contributed by atoms with Crippen LogP contribution in [0.4, 0.5) is 17.1 Å². The number of carbonyl (C=O) groups is 1. The molecule has 2 rings (SSSR count). The number of hydrogen-bond acceptors (Lipinski definition) is 3. The molecule has 0 atom stereocenters. The lowest BCUT2D eigenvalue weighted by Crippen LogP contribution is -2.06. The number of benzene rings is 2. The Morgan fingerprint density at radius 1 is 1.15 bits per heavy atom. The second-order valence-corrected chi connectivity index (χ2v) is 4.50. The Balaban J connectivity index is 2.31. The molecule has 1 amide bonds. The van der Waals surface area contributed by atoms with Gasteiger partial charge in [0.2, 0.25) is 5.91 Å². The van der Waals surface area contributed by atoms with Crippen LogP contribution in [0.3, 0.4) is 0 Å². The van der Waals surface area contributed by atoms with Gasteiger partial charge in [0.1, 0.15) is 6.07 Å². The topological polar surface area (TPSA) is 64.9 Å². The van der Waals surface area contributed by atoms with E-state index < -0.39 is 0 Å². The molecular formula is C16H15N3O. The summed E-state index contributed by atoms with van der Waals surface area (Å²) < 4.78 is 0. The second kappa shape index (κ2) is 5.89. The van der Waals surface area contributed by atoms with Crippen LogP contribution in [0.25, 0.3) is 0 Å². The molecule has 4 heteroatoms. The smallest absolute Gasteiger partial charge is 0.221 e. The van der Waals surface area contributed by atoms with Crippen LogP contribution in [0.5, 0.6) is 0 Å². The molecule has 0 heterocycles. The predicted molar refractivity (Wildman–Crippen MR) is 79.9 cm³/mol. The zero-order valence-electron chi connectivity index (χ0n) is 11.4. The summed E-state index contributed by atoms with van der Waals surface area (Å²) in [5.41, 5.74) is 3.91. The zero-order chi connectivity index (χ0) is 14.5. The van der Waals surface area contributed by atoms with E-state index in [4.69, 9.17) is 5.26 Å². The largest absolute Gasteiger partial charge is 0.354 e. The van der Waals surface area contributed by atoms with Gasteiger partial charge in [0.25, 0.3) is 0 Å². The average Bonchev–Trinajstić information content (AvgIpc) is 2.41. The number of rotatable bonds is 3. The molecule has 20 heavy (non-hydrogen) atoms. The van der Waals surface area contributed by atoms with Crippen LogP contribution < -0.4 is 10.6 Å². The normalized spacial score (nSPS) is 9.65. The van der Waals surface area contributed by atoms with Gasteiger partial charge in [-0.1, -0.05) is 18.2 Å². The van der Waals surface area contributed by atoms with Crippen molar-refractivity contribution in [3.05, 3.63) is 53.6 Å². The fourth-order valence-electron chi connectivity index (χ4n) is 1.95. The van der Waals surface area contributed by atoms with Crippen molar-refractivity contribution in [2.24, 2.45) is 0 Å². The molecule has 0 aliphatic rings. The number of para-hydroxylation sites is 1. The first kappa shape index (κ1) is 13.6. The molecule has 4 nitrogen and oxygen atoms in total. The van der Waals surface area contributed by atoms with Crippen LogP contribution in [0.15, 0.2) is 42.5 Å². The van der Waals surface area contributed by atoms with Crippen LogP contribution in [0.1, 0.15) is 18.1 Å².